The molecule has 1 rings (SSSR count). The van der Waals surface area contributed by atoms with Crippen LogP contribution in [0.2, 0.25) is 0 Å². The number of aliphatic hydroxyl groups excluding tert-OH is 1. The smallest absolute Gasteiger partial charge is 0.185 e. The van der Waals surface area contributed by atoms with Gasteiger partial charge in [-0.15, -0.1) is 0 Å². The number of thiazole rings is 1. The molecule has 0 aromatic carbocycles. The van der Waals surface area contributed by atoms with Crippen molar-refractivity contribution < 1.29 is 5.11 Å². The molecule has 0 saturated carbocycles. The molecule has 1 unspecified atom stereocenters. The molecule has 1 aromatic rings. The number of rotatable bonds is 5. The summed E-state index contributed by atoms with van der Waals surface area (Å²) in [5.41, 5.74) is 1.02. The maximum Gasteiger partial charge on any atom is 0.185 e. The van der Waals surface area contributed by atoms with Crippen LogP contribution in [-0.2, 0) is 12.0 Å². The van der Waals surface area contributed by atoms with Crippen molar-refractivity contribution in [2.75, 3.05) is 18.5 Å². The lowest BCUT2D eigenvalue weighted by Crippen LogP contribution is -2.23. The number of nitrogens with zero attached hydrogens (tertiary/aromatic N) is 2. The lowest BCUT2D eigenvalue weighted by molar-refractivity contribution is 0.282. The summed E-state index contributed by atoms with van der Waals surface area (Å²) in [7, 11) is 2.08. The monoisotopic (exact) mass is 270 g/mol. The molecule has 1 heterocycles. The van der Waals surface area contributed by atoms with E-state index in [4.69, 9.17) is 4.98 Å². The van der Waals surface area contributed by atoms with Gasteiger partial charge in [-0.3, -0.25) is 0 Å². The quantitative estimate of drug-likeness (QED) is 0.890. The van der Waals surface area contributed by atoms with Crippen molar-refractivity contribution in [2.24, 2.45) is 5.92 Å². The molecule has 0 amide bonds. The van der Waals surface area contributed by atoms with Gasteiger partial charge in [-0.1, -0.05) is 52.4 Å². The first-order valence-corrected chi connectivity index (χ1v) is 7.43. The van der Waals surface area contributed by atoms with Crippen molar-refractivity contribution in [1.82, 2.24) is 4.98 Å². The highest BCUT2D eigenvalue weighted by molar-refractivity contribution is 7.15. The lowest BCUT2D eigenvalue weighted by atomic mass is 9.91. The third kappa shape index (κ3) is 3.69. The normalized spacial score (nSPS) is 13.7. The molecule has 1 aromatic heterocycles. The summed E-state index contributed by atoms with van der Waals surface area (Å²) < 4.78 is 0. The molecular formula is C14H26N2OS. The summed E-state index contributed by atoms with van der Waals surface area (Å²) in [5, 5.41) is 10.5. The van der Waals surface area contributed by atoms with Gasteiger partial charge in [-0.25, -0.2) is 4.98 Å². The first-order chi connectivity index (χ1) is 8.29. The van der Waals surface area contributed by atoms with Gasteiger partial charge in [0, 0.05) is 19.0 Å². The molecule has 104 valence electrons. The second-order valence-electron chi connectivity index (χ2n) is 6.07. The SMILES string of the molecule is CCC(C)CN(C)c1nc(C(C)(C)C)c(CO)s1. The van der Waals surface area contributed by atoms with E-state index < -0.39 is 0 Å². The van der Waals surface area contributed by atoms with Crippen LogP contribution in [0, 0.1) is 5.92 Å². The van der Waals surface area contributed by atoms with E-state index >= 15 is 0 Å². The molecule has 0 aliphatic rings. The van der Waals surface area contributed by atoms with Crippen LogP contribution in [0.25, 0.3) is 0 Å². The Morgan fingerprint density at radius 2 is 2.00 bits per heavy atom. The first kappa shape index (κ1) is 15.4. The molecule has 0 saturated heterocycles. The summed E-state index contributed by atoms with van der Waals surface area (Å²) in [6.45, 7) is 12.0. The van der Waals surface area contributed by atoms with E-state index in [2.05, 4.69) is 46.6 Å². The number of hydrogen-bond donors (Lipinski definition) is 1. The van der Waals surface area contributed by atoms with Gasteiger partial charge in [0.1, 0.15) is 0 Å². The summed E-state index contributed by atoms with van der Waals surface area (Å²) in [5.74, 6) is 0.662. The van der Waals surface area contributed by atoms with Crippen molar-refractivity contribution in [3.8, 4) is 0 Å². The fourth-order valence-electron chi connectivity index (χ4n) is 1.87. The van der Waals surface area contributed by atoms with Gasteiger partial charge in [0.15, 0.2) is 5.13 Å². The molecule has 1 N–H and O–H groups in total. The summed E-state index contributed by atoms with van der Waals surface area (Å²) in [4.78, 5) is 7.92. The molecule has 0 aliphatic heterocycles. The Hall–Kier alpha value is -0.610. The third-order valence-corrected chi connectivity index (χ3v) is 4.30. The fourth-order valence-corrected chi connectivity index (χ4v) is 2.97. The number of aromatic nitrogens is 1. The zero-order chi connectivity index (χ0) is 13.9. The van der Waals surface area contributed by atoms with Crippen LogP contribution < -0.4 is 4.90 Å². The van der Waals surface area contributed by atoms with Gasteiger partial charge >= 0.3 is 0 Å². The number of aliphatic hydroxyl groups is 1. The average molecular weight is 270 g/mol. The van der Waals surface area contributed by atoms with Crippen molar-refractivity contribution in [3.05, 3.63) is 10.6 Å². The Morgan fingerprint density at radius 1 is 1.39 bits per heavy atom. The van der Waals surface area contributed by atoms with Gasteiger partial charge in [0.25, 0.3) is 0 Å². The van der Waals surface area contributed by atoms with Crippen molar-refractivity contribution in [1.29, 1.82) is 0 Å². The molecule has 1 atom stereocenters. The Bertz CT molecular complexity index is 382. The zero-order valence-corrected chi connectivity index (χ0v) is 13.3. The fraction of sp³-hybridized carbons (Fsp3) is 0.786. The molecule has 0 radical (unpaired) electrons. The topological polar surface area (TPSA) is 36.4 Å². The Morgan fingerprint density at radius 3 is 2.39 bits per heavy atom. The predicted octanol–water partition coefficient (Wildman–Crippen LogP) is 3.42. The van der Waals surface area contributed by atoms with Crippen LogP contribution in [0.5, 0.6) is 0 Å². The van der Waals surface area contributed by atoms with Gasteiger partial charge < -0.3 is 10.0 Å². The Labute approximate surface area is 115 Å². The summed E-state index contributed by atoms with van der Waals surface area (Å²) >= 11 is 1.61. The minimum atomic E-state index is -0.00990. The van der Waals surface area contributed by atoms with Crippen LogP contribution in [0.15, 0.2) is 0 Å². The second kappa shape index (κ2) is 6.02. The van der Waals surface area contributed by atoms with Crippen molar-refractivity contribution >= 4 is 16.5 Å². The van der Waals surface area contributed by atoms with E-state index in [-0.39, 0.29) is 12.0 Å². The second-order valence-corrected chi connectivity index (χ2v) is 7.13. The largest absolute Gasteiger partial charge is 0.391 e. The van der Waals surface area contributed by atoms with Gasteiger partial charge in [0.2, 0.25) is 0 Å². The highest BCUT2D eigenvalue weighted by Crippen LogP contribution is 2.33. The molecule has 18 heavy (non-hydrogen) atoms. The minimum Gasteiger partial charge on any atom is -0.391 e. The van der Waals surface area contributed by atoms with Crippen LogP contribution in [0.3, 0.4) is 0 Å². The maximum atomic E-state index is 9.46. The zero-order valence-electron chi connectivity index (χ0n) is 12.4. The minimum absolute atomic E-state index is 0.00990. The van der Waals surface area contributed by atoms with Crippen LogP contribution in [0.4, 0.5) is 5.13 Å². The predicted molar refractivity (Wildman–Crippen MR) is 79.5 cm³/mol. The standard InChI is InChI=1S/C14H26N2OS/c1-7-10(2)8-16(6)13-15-12(14(3,4)5)11(9-17)18-13/h10,17H,7-9H2,1-6H3. The van der Waals surface area contributed by atoms with E-state index in [1.165, 1.54) is 6.42 Å². The lowest BCUT2D eigenvalue weighted by Gasteiger charge is -2.20. The van der Waals surface area contributed by atoms with E-state index in [9.17, 15) is 5.11 Å². The summed E-state index contributed by atoms with van der Waals surface area (Å²) in [6, 6.07) is 0. The molecule has 0 aliphatic carbocycles. The van der Waals surface area contributed by atoms with Gasteiger partial charge in [-0.05, 0) is 5.92 Å². The van der Waals surface area contributed by atoms with E-state index in [1.54, 1.807) is 11.3 Å². The van der Waals surface area contributed by atoms with Crippen molar-refractivity contribution in [3.63, 3.8) is 0 Å². The Kier molecular flexibility index (Phi) is 5.17. The van der Waals surface area contributed by atoms with Crippen molar-refractivity contribution in [2.45, 2.75) is 53.1 Å². The van der Waals surface area contributed by atoms with Crippen LogP contribution in [0.1, 0.15) is 51.6 Å². The molecule has 0 spiro atoms. The Balaban J connectivity index is 2.94. The van der Waals surface area contributed by atoms with E-state index in [0.29, 0.717) is 5.92 Å². The highest BCUT2D eigenvalue weighted by Gasteiger charge is 2.24. The number of anilines is 1. The van der Waals surface area contributed by atoms with Crippen LogP contribution in [-0.4, -0.2) is 23.7 Å². The third-order valence-electron chi connectivity index (χ3n) is 3.15. The number of hydrogen-bond acceptors (Lipinski definition) is 4. The molecule has 0 bridgehead atoms. The van der Waals surface area contributed by atoms with Gasteiger partial charge in [0.05, 0.1) is 17.2 Å². The molecule has 3 nitrogen and oxygen atoms in total. The highest BCUT2D eigenvalue weighted by atomic mass is 32.1. The summed E-state index contributed by atoms with van der Waals surface area (Å²) in [6.07, 6.45) is 1.18. The average Bonchev–Trinajstić information content (AvgIpc) is 2.72. The van der Waals surface area contributed by atoms with E-state index in [1.807, 2.05) is 0 Å². The van der Waals surface area contributed by atoms with Crippen LogP contribution >= 0.6 is 11.3 Å². The molecule has 4 heteroatoms. The van der Waals surface area contributed by atoms with E-state index in [0.717, 1.165) is 22.2 Å². The maximum absolute atomic E-state index is 9.46. The molecular weight excluding hydrogens is 244 g/mol. The first-order valence-electron chi connectivity index (χ1n) is 6.61. The van der Waals surface area contributed by atoms with Gasteiger partial charge in [-0.2, -0.15) is 0 Å². The molecule has 0 fully saturated rings.